The standard InChI is InChI=1S/C23H25FN4O4S/c1-13-6-15(28-33(2,3)29)8-18-22(13)23(26-12-25-18)27-17-5-4-14(24)7-19(17)32-21-11-31-20-10-30-9-16(20)21/h4-8,12,16,20-21H,9-11H2,1-3H3,(H,25,26,27)/t16-,20+,21+/m0/s1. The first-order valence-corrected chi connectivity index (χ1v) is 12.9. The van der Waals surface area contributed by atoms with E-state index in [4.69, 9.17) is 14.2 Å². The summed E-state index contributed by atoms with van der Waals surface area (Å²) >= 11 is 0. The first-order valence-electron chi connectivity index (χ1n) is 10.6. The molecule has 2 aromatic carbocycles. The van der Waals surface area contributed by atoms with E-state index >= 15 is 0 Å². The number of aryl methyl sites for hydroxylation is 1. The van der Waals surface area contributed by atoms with Crippen LogP contribution >= 0.6 is 0 Å². The Hall–Kier alpha value is -2.82. The number of fused-ring (bicyclic) bond motifs is 2. The van der Waals surface area contributed by atoms with E-state index in [1.807, 2.05) is 13.0 Å². The minimum atomic E-state index is -2.30. The molecule has 8 nitrogen and oxygen atoms in total. The summed E-state index contributed by atoms with van der Waals surface area (Å²) in [6, 6.07) is 7.98. The van der Waals surface area contributed by atoms with Gasteiger partial charge in [0.15, 0.2) is 0 Å². The molecule has 5 rings (SSSR count). The van der Waals surface area contributed by atoms with E-state index in [0.29, 0.717) is 48.3 Å². The molecule has 3 aromatic rings. The maximum atomic E-state index is 14.1. The third-order valence-electron chi connectivity index (χ3n) is 5.74. The average Bonchev–Trinajstić information content (AvgIpc) is 3.34. The summed E-state index contributed by atoms with van der Waals surface area (Å²) in [5.41, 5.74) is 2.71. The number of nitrogens with one attached hydrogen (secondary N) is 1. The van der Waals surface area contributed by atoms with Gasteiger partial charge >= 0.3 is 0 Å². The lowest BCUT2D eigenvalue weighted by Gasteiger charge is -2.20. The number of hydrogen-bond acceptors (Lipinski definition) is 8. The van der Waals surface area contributed by atoms with Gasteiger partial charge in [-0.25, -0.2) is 18.6 Å². The third-order valence-corrected chi connectivity index (χ3v) is 6.39. The predicted octanol–water partition coefficient (Wildman–Crippen LogP) is 3.97. The van der Waals surface area contributed by atoms with Crippen molar-refractivity contribution in [2.45, 2.75) is 19.1 Å². The number of anilines is 2. The molecule has 2 fully saturated rings. The van der Waals surface area contributed by atoms with Crippen LogP contribution in [0, 0.1) is 18.7 Å². The van der Waals surface area contributed by atoms with Crippen LogP contribution in [0.1, 0.15) is 5.56 Å². The molecule has 1 N–H and O–H groups in total. The highest BCUT2D eigenvalue weighted by atomic mass is 32.2. The van der Waals surface area contributed by atoms with E-state index in [-0.39, 0.29) is 18.1 Å². The zero-order valence-corrected chi connectivity index (χ0v) is 19.4. The number of benzene rings is 2. The molecule has 3 heterocycles. The van der Waals surface area contributed by atoms with E-state index < -0.39 is 15.5 Å². The smallest absolute Gasteiger partial charge is 0.146 e. The van der Waals surface area contributed by atoms with Gasteiger partial charge < -0.3 is 19.5 Å². The van der Waals surface area contributed by atoms with Crippen LogP contribution in [-0.2, 0) is 19.2 Å². The Morgan fingerprint density at radius 1 is 1.18 bits per heavy atom. The minimum absolute atomic E-state index is 0.0222. The highest BCUT2D eigenvalue weighted by molar-refractivity contribution is 7.92. The van der Waals surface area contributed by atoms with Crippen LogP contribution in [0.5, 0.6) is 5.75 Å². The molecule has 1 aromatic heterocycles. The topological polar surface area (TPSA) is 94.9 Å². The summed E-state index contributed by atoms with van der Waals surface area (Å²) in [5, 5.41) is 4.07. The molecule has 3 atom stereocenters. The second kappa shape index (κ2) is 8.51. The van der Waals surface area contributed by atoms with Crippen LogP contribution in [0.3, 0.4) is 0 Å². The third kappa shape index (κ3) is 4.64. The van der Waals surface area contributed by atoms with E-state index in [9.17, 15) is 8.60 Å². The molecule has 0 spiro atoms. The Bertz CT molecular complexity index is 1330. The Balaban J connectivity index is 1.49. The van der Waals surface area contributed by atoms with Crippen LogP contribution in [-0.4, -0.2) is 58.7 Å². The van der Waals surface area contributed by atoms with Gasteiger partial charge in [0, 0.05) is 33.7 Å². The highest BCUT2D eigenvalue weighted by Crippen LogP contribution is 2.36. The SMILES string of the molecule is Cc1cc(N=S(C)(C)=O)cc2ncnc(Nc3ccc(F)cc3O[C@@H]3CO[C@@H]4COC[C@@H]43)c12. The Labute approximate surface area is 191 Å². The van der Waals surface area contributed by atoms with Gasteiger partial charge in [0.2, 0.25) is 0 Å². The summed E-state index contributed by atoms with van der Waals surface area (Å²) in [4.78, 5) is 8.78. The maximum Gasteiger partial charge on any atom is 0.146 e. The summed E-state index contributed by atoms with van der Waals surface area (Å²) in [7, 11) is -2.30. The average molecular weight is 473 g/mol. The number of rotatable bonds is 5. The molecule has 2 saturated heterocycles. The van der Waals surface area contributed by atoms with Crippen LogP contribution in [0.25, 0.3) is 10.9 Å². The Morgan fingerprint density at radius 3 is 2.85 bits per heavy atom. The van der Waals surface area contributed by atoms with Crippen molar-refractivity contribution in [2.75, 3.05) is 37.6 Å². The maximum absolute atomic E-state index is 14.1. The van der Waals surface area contributed by atoms with Gasteiger partial charge in [0.25, 0.3) is 0 Å². The van der Waals surface area contributed by atoms with Crippen molar-refractivity contribution in [3.05, 3.63) is 48.0 Å². The predicted molar refractivity (Wildman–Crippen MR) is 125 cm³/mol. The highest BCUT2D eigenvalue weighted by Gasteiger charge is 2.43. The van der Waals surface area contributed by atoms with Crippen LogP contribution in [0.2, 0.25) is 0 Å². The Kier molecular flexibility index (Phi) is 5.67. The molecule has 0 aliphatic carbocycles. The number of halogens is 1. The van der Waals surface area contributed by atoms with Gasteiger partial charge in [-0.15, -0.1) is 0 Å². The van der Waals surface area contributed by atoms with Crippen molar-refractivity contribution in [2.24, 2.45) is 10.3 Å². The lowest BCUT2D eigenvalue weighted by Crippen LogP contribution is -2.28. The zero-order valence-electron chi connectivity index (χ0n) is 18.6. The molecular weight excluding hydrogens is 447 g/mol. The van der Waals surface area contributed by atoms with Crippen molar-refractivity contribution in [1.29, 1.82) is 0 Å². The number of aromatic nitrogens is 2. The Morgan fingerprint density at radius 2 is 2.03 bits per heavy atom. The summed E-state index contributed by atoms with van der Waals surface area (Å²) in [5.74, 6) is 0.659. The molecule has 0 saturated carbocycles. The quantitative estimate of drug-likeness (QED) is 0.600. The van der Waals surface area contributed by atoms with Crippen molar-refractivity contribution in [3.63, 3.8) is 0 Å². The molecule has 0 radical (unpaired) electrons. The van der Waals surface area contributed by atoms with E-state index in [1.165, 1.54) is 18.5 Å². The molecule has 10 heteroatoms. The van der Waals surface area contributed by atoms with Crippen LogP contribution in [0.4, 0.5) is 21.6 Å². The van der Waals surface area contributed by atoms with Gasteiger partial charge in [0.1, 0.15) is 29.8 Å². The van der Waals surface area contributed by atoms with Crippen LogP contribution in [0.15, 0.2) is 41.0 Å². The fraction of sp³-hybridized carbons (Fsp3) is 0.391. The fourth-order valence-corrected chi connectivity index (χ4v) is 4.91. The van der Waals surface area contributed by atoms with Crippen molar-refractivity contribution in [3.8, 4) is 5.75 Å². The second-order valence-corrected chi connectivity index (χ2v) is 11.2. The zero-order chi connectivity index (χ0) is 23.2. The summed E-state index contributed by atoms with van der Waals surface area (Å²) < 4.78 is 47.9. The molecule has 0 amide bonds. The monoisotopic (exact) mass is 472 g/mol. The van der Waals surface area contributed by atoms with E-state index in [1.54, 1.807) is 24.6 Å². The minimum Gasteiger partial charge on any atom is -0.485 e. The molecule has 174 valence electrons. The first-order chi connectivity index (χ1) is 15.8. The first kappa shape index (κ1) is 22.0. The lowest BCUT2D eigenvalue weighted by molar-refractivity contribution is 0.0498. The normalized spacial score (nSPS) is 22.4. The largest absolute Gasteiger partial charge is 0.485 e. The molecule has 2 aliphatic heterocycles. The number of nitrogens with zero attached hydrogens (tertiary/aromatic N) is 3. The van der Waals surface area contributed by atoms with Crippen molar-refractivity contribution < 1.29 is 22.8 Å². The number of ether oxygens (including phenoxy) is 3. The number of hydrogen-bond donors (Lipinski definition) is 1. The molecule has 2 aliphatic rings. The molecule has 33 heavy (non-hydrogen) atoms. The molecule has 0 unspecified atom stereocenters. The van der Waals surface area contributed by atoms with Gasteiger partial charge in [-0.3, -0.25) is 0 Å². The second-order valence-electron chi connectivity index (χ2n) is 8.65. The van der Waals surface area contributed by atoms with Gasteiger partial charge in [-0.05, 0) is 36.8 Å². The van der Waals surface area contributed by atoms with E-state index in [0.717, 1.165) is 10.9 Å². The van der Waals surface area contributed by atoms with Crippen molar-refractivity contribution in [1.82, 2.24) is 9.97 Å². The molecular formula is C23H25FN4O4S. The van der Waals surface area contributed by atoms with E-state index in [2.05, 4.69) is 19.6 Å². The van der Waals surface area contributed by atoms with Gasteiger partial charge in [-0.2, -0.15) is 4.36 Å². The van der Waals surface area contributed by atoms with Gasteiger partial charge in [-0.1, -0.05) is 0 Å². The lowest BCUT2D eigenvalue weighted by atomic mass is 10.0. The van der Waals surface area contributed by atoms with Gasteiger partial charge in [0.05, 0.1) is 48.7 Å². The fourth-order valence-electron chi connectivity index (χ4n) is 4.30. The summed E-state index contributed by atoms with van der Waals surface area (Å²) in [6.07, 6.45) is 4.42. The van der Waals surface area contributed by atoms with Crippen molar-refractivity contribution >= 4 is 37.8 Å². The van der Waals surface area contributed by atoms with Crippen LogP contribution < -0.4 is 10.1 Å². The summed E-state index contributed by atoms with van der Waals surface area (Å²) in [6.45, 7) is 3.48. The molecule has 0 bridgehead atoms.